The van der Waals surface area contributed by atoms with E-state index in [0.29, 0.717) is 16.5 Å². The number of nitro groups is 1. The topological polar surface area (TPSA) is 88.0 Å². The third-order valence-corrected chi connectivity index (χ3v) is 4.73. The van der Waals surface area contributed by atoms with Gasteiger partial charge in [0.15, 0.2) is 6.61 Å². The fourth-order valence-electron chi connectivity index (χ4n) is 2.93. The number of amides is 1. The van der Waals surface area contributed by atoms with Crippen LogP contribution < -0.4 is 15.0 Å². The molecule has 1 heterocycles. The summed E-state index contributed by atoms with van der Waals surface area (Å²) in [6.45, 7) is 3.39. The Balaban J connectivity index is 1.63. The van der Waals surface area contributed by atoms with Crippen LogP contribution in [0.1, 0.15) is 0 Å². The summed E-state index contributed by atoms with van der Waals surface area (Å²) in [7, 11) is 2.08. The maximum absolute atomic E-state index is 12.3. The number of rotatable bonds is 6. The van der Waals surface area contributed by atoms with Crippen molar-refractivity contribution in [3.63, 3.8) is 0 Å². The fraction of sp³-hybridized carbons (Fsp3) is 0.316. The van der Waals surface area contributed by atoms with Crippen molar-refractivity contribution in [3.8, 4) is 5.75 Å². The van der Waals surface area contributed by atoms with Crippen molar-refractivity contribution < 1.29 is 14.5 Å². The average molecular weight is 405 g/mol. The molecule has 0 radical (unpaired) electrons. The molecule has 8 nitrogen and oxygen atoms in total. The molecule has 9 heteroatoms. The first kappa shape index (κ1) is 19.9. The van der Waals surface area contributed by atoms with E-state index in [0.717, 1.165) is 31.9 Å². The molecule has 1 amide bonds. The molecule has 0 bridgehead atoms. The number of benzene rings is 2. The third kappa shape index (κ3) is 5.11. The minimum atomic E-state index is -0.491. The highest BCUT2D eigenvalue weighted by Gasteiger charge is 2.18. The lowest BCUT2D eigenvalue weighted by molar-refractivity contribution is -0.384. The Labute approximate surface area is 167 Å². The molecule has 1 aliphatic rings. The van der Waals surface area contributed by atoms with Crippen LogP contribution in [0.3, 0.4) is 0 Å². The first-order valence-electron chi connectivity index (χ1n) is 8.82. The van der Waals surface area contributed by atoms with Crippen molar-refractivity contribution in [3.05, 3.63) is 57.6 Å². The number of likely N-dealkylation sites (N-methyl/N-ethyl adjacent to an activating group) is 1. The van der Waals surface area contributed by atoms with Crippen molar-refractivity contribution in [2.75, 3.05) is 50.1 Å². The van der Waals surface area contributed by atoms with Gasteiger partial charge in [0.25, 0.3) is 11.6 Å². The van der Waals surface area contributed by atoms with Gasteiger partial charge in [0.1, 0.15) is 5.75 Å². The highest BCUT2D eigenvalue weighted by Crippen LogP contribution is 2.30. The normalized spacial score (nSPS) is 14.6. The SMILES string of the molecule is CN1CCN(c2ccc(Cl)cc2NC(=O)COc2ccc([N+](=O)[O-])cc2)CC1. The molecule has 1 fully saturated rings. The fourth-order valence-corrected chi connectivity index (χ4v) is 3.10. The maximum atomic E-state index is 12.3. The summed E-state index contributed by atoms with van der Waals surface area (Å²) in [4.78, 5) is 27.0. The molecule has 0 aromatic heterocycles. The zero-order valence-electron chi connectivity index (χ0n) is 15.4. The quantitative estimate of drug-likeness (QED) is 0.588. The molecule has 2 aromatic carbocycles. The molecular formula is C19H21ClN4O4. The van der Waals surface area contributed by atoms with Crippen molar-refractivity contribution >= 4 is 34.6 Å². The first-order valence-corrected chi connectivity index (χ1v) is 9.20. The van der Waals surface area contributed by atoms with Gasteiger partial charge in [0.2, 0.25) is 0 Å². The second-order valence-corrected chi connectivity index (χ2v) is 6.98. The average Bonchev–Trinajstić information content (AvgIpc) is 2.68. The molecule has 1 saturated heterocycles. The molecule has 0 saturated carbocycles. The Bertz CT molecular complexity index is 852. The molecule has 0 spiro atoms. The van der Waals surface area contributed by atoms with Crippen molar-refractivity contribution in [2.45, 2.75) is 0 Å². The van der Waals surface area contributed by atoms with Gasteiger partial charge in [-0.15, -0.1) is 0 Å². The van der Waals surface area contributed by atoms with Crippen LogP contribution in [0.4, 0.5) is 17.1 Å². The van der Waals surface area contributed by atoms with E-state index in [1.54, 1.807) is 12.1 Å². The molecule has 0 aliphatic carbocycles. The van der Waals surface area contributed by atoms with Gasteiger partial charge in [-0.1, -0.05) is 11.6 Å². The number of nitrogens with zero attached hydrogens (tertiary/aromatic N) is 3. The molecular weight excluding hydrogens is 384 g/mol. The van der Waals surface area contributed by atoms with E-state index in [-0.39, 0.29) is 18.2 Å². The van der Waals surface area contributed by atoms with Crippen molar-refractivity contribution in [1.29, 1.82) is 0 Å². The van der Waals surface area contributed by atoms with Gasteiger partial charge in [-0.3, -0.25) is 14.9 Å². The van der Waals surface area contributed by atoms with E-state index in [9.17, 15) is 14.9 Å². The molecule has 3 rings (SSSR count). The van der Waals surface area contributed by atoms with Crippen LogP contribution in [0.5, 0.6) is 5.75 Å². The molecule has 2 aromatic rings. The van der Waals surface area contributed by atoms with Crippen LogP contribution in [-0.2, 0) is 4.79 Å². The summed E-state index contributed by atoms with van der Waals surface area (Å²) >= 11 is 6.11. The minimum absolute atomic E-state index is 0.0347. The highest BCUT2D eigenvalue weighted by molar-refractivity contribution is 6.31. The number of nitrogens with one attached hydrogen (secondary N) is 1. The molecule has 1 aliphatic heterocycles. The van der Waals surface area contributed by atoms with Crippen LogP contribution in [-0.4, -0.2) is 55.6 Å². The number of non-ortho nitro benzene ring substituents is 1. The third-order valence-electron chi connectivity index (χ3n) is 4.49. The van der Waals surface area contributed by atoms with Crippen LogP contribution >= 0.6 is 11.6 Å². The molecule has 0 atom stereocenters. The number of ether oxygens (including phenoxy) is 1. The second-order valence-electron chi connectivity index (χ2n) is 6.54. The smallest absolute Gasteiger partial charge is 0.269 e. The number of piperazine rings is 1. The second kappa shape index (κ2) is 8.90. The van der Waals surface area contributed by atoms with E-state index < -0.39 is 4.92 Å². The maximum Gasteiger partial charge on any atom is 0.269 e. The zero-order valence-corrected chi connectivity index (χ0v) is 16.2. The van der Waals surface area contributed by atoms with Crippen LogP contribution in [0.2, 0.25) is 5.02 Å². The van der Waals surface area contributed by atoms with Gasteiger partial charge in [-0.05, 0) is 37.4 Å². The van der Waals surface area contributed by atoms with Gasteiger partial charge < -0.3 is 19.9 Å². The van der Waals surface area contributed by atoms with Crippen LogP contribution in [0, 0.1) is 10.1 Å². The van der Waals surface area contributed by atoms with E-state index in [2.05, 4.69) is 22.2 Å². The van der Waals surface area contributed by atoms with Crippen molar-refractivity contribution in [2.24, 2.45) is 0 Å². The summed E-state index contributed by atoms with van der Waals surface area (Å²) in [5.41, 5.74) is 1.52. The molecule has 0 unspecified atom stereocenters. The molecule has 148 valence electrons. The van der Waals surface area contributed by atoms with Gasteiger partial charge >= 0.3 is 0 Å². The Hall–Kier alpha value is -2.84. The highest BCUT2D eigenvalue weighted by atomic mass is 35.5. The zero-order chi connectivity index (χ0) is 20.1. The summed E-state index contributed by atoms with van der Waals surface area (Å²) in [6, 6.07) is 11.0. The summed E-state index contributed by atoms with van der Waals surface area (Å²) < 4.78 is 5.42. The monoisotopic (exact) mass is 404 g/mol. The number of nitro benzene ring substituents is 1. The number of carbonyl (C=O) groups is 1. The minimum Gasteiger partial charge on any atom is -0.484 e. The Morgan fingerprint density at radius 2 is 1.86 bits per heavy atom. The number of hydrogen-bond acceptors (Lipinski definition) is 6. The lowest BCUT2D eigenvalue weighted by Crippen LogP contribution is -2.44. The predicted molar refractivity (Wildman–Crippen MR) is 108 cm³/mol. The lowest BCUT2D eigenvalue weighted by Gasteiger charge is -2.35. The standard InChI is InChI=1S/C19H21ClN4O4/c1-22-8-10-23(11-9-22)18-7-2-14(20)12-17(18)21-19(25)13-28-16-5-3-15(4-6-16)24(26)27/h2-7,12H,8-11,13H2,1H3,(H,21,25). The van der Waals surface area contributed by atoms with E-state index in [1.807, 2.05) is 6.07 Å². The summed E-state index contributed by atoms with van der Waals surface area (Å²) in [5, 5.41) is 14.1. The number of anilines is 2. The summed E-state index contributed by atoms with van der Waals surface area (Å²) in [6.07, 6.45) is 0. The van der Waals surface area contributed by atoms with Gasteiger partial charge in [-0.2, -0.15) is 0 Å². The first-order chi connectivity index (χ1) is 13.4. The van der Waals surface area contributed by atoms with Gasteiger partial charge in [0.05, 0.1) is 16.3 Å². The van der Waals surface area contributed by atoms with Gasteiger partial charge in [-0.25, -0.2) is 0 Å². The predicted octanol–water partition coefficient (Wildman–Crippen LogP) is 3.02. The van der Waals surface area contributed by atoms with Crippen LogP contribution in [0.15, 0.2) is 42.5 Å². The van der Waals surface area contributed by atoms with Crippen molar-refractivity contribution in [1.82, 2.24) is 4.90 Å². The Morgan fingerprint density at radius 1 is 1.18 bits per heavy atom. The largest absolute Gasteiger partial charge is 0.484 e. The number of hydrogen-bond donors (Lipinski definition) is 1. The number of carbonyl (C=O) groups excluding carboxylic acids is 1. The lowest BCUT2D eigenvalue weighted by atomic mass is 10.2. The van der Waals surface area contributed by atoms with Gasteiger partial charge in [0, 0.05) is 43.3 Å². The van der Waals surface area contributed by atoms with Crippen LogP contribution in [0.25, 0.3) is 0 Å². The van der Waals surface area contributed by atoms with E-state index in [1.165, 1.54) is 24.3 Å². The van der Waals surface area contributed by atoms with E-state index in [4.69, 9.17) is 16.3 Å². The Morgan fingerprint density at radius 3 is 2.50 bits per heavy atom. The molecule has 1 N–H and O–H groups in total. The Kier molecular flexibility index (Phi) is 6.33. The summed E-state index contributed by atoms with van der Waals surface area (Å²) in [5.74, 6) is 0.0436. The number of halogens is 1. The van der Waals surface area contributed by atoms with E-state index >= 15 is 0 Å². The molecule has 28 heavy (non-hydrogen) atoms.